The summed E-state index contributed by atoms with van der Waals surface area (Å²) in [5.74, 6) is 0. The molecule has 0 aromatic heterocycles. The number of hydrogen-bond acceptors (Lipinski definition) is 4. The number of aliphatic hydroxyl groups excluding tert-OH is 1. The molecule has 0 unspecified atom stereocenters. The molecule has 0 saturated carbocycles. The summed E-state index contributed by atoms with van der Waals surface area (Å²) in [6, 6.07) is 0. The summed E-state index contributed by atoms with van der Waals surface area (Å²) in [6.07, 6.45) is 2.58. The summed E-state index contributed by atoms with van der Waals surface area (Å²) in [5, 5.41) is 9.34. The van der Waals surface area contributed by atoms with Gasteiger partial charge in [-0.25, -0.2) is 0 Å². The summed E-state index contributed by atoms with van der Waals surface area (Å²) in [7, 11) is -2.78. The molecule has 0 atom stereocenters. The minimum atomic E-state index is -2.78. The third-order valence-corrected chi connectivity index (χ3v) is 4.09. The van der Waals surface area contributed by atoms with Crippen LogP contribution in [-0.4, -0.2) is 40.0 Å². The van der Waals surface area contributed by atoms with E-state index in [0.29, 0.717) is 19.8 Å². The zero-order chi connectivity index (χ0) is 11.6. The maximum Gasteiger partial charge on any atom is 0.527 e. The quantitative estimate of drug-likeness (QED) is 0.587. The molecule has 0 amide bonds. The highest BCUT2D eigenvalue weighted by Gasteiger charge is 2.40. The first-order chi connectivity index (χ1) is 7.24. The van der Waals surface area contributed by atoms with E-state index in [1.165, 1.54) is 0 Å². The van der Waals surface area contributed by atoms with Gasteiger partial charge in [0.1, 0.15) is 6.23 Å². The lowest BCUT2D eigenvalue weighted by atomic mass is 10.5. The fourth-order valence-corrected chi connectivity index (χ4v) is 3.10. The Labute approximate surface area is 93.9 Å². The van der Waals surface area contributed by atoms with Crippen LogP contribution in [0.1, 0.15) is 40.0 Å². The molecule has 0 heterocycles. The van der Waals surface area contributed by atoms with Crippen LogP contribution in [0.2, 0.25) is 0 Å². The zero-order valence-corrected chi connectivity index (χ0v) is 11.1. The maximum absolute atomic E-state index is 9.34. The molecule has 0 aliphatic heterocycles. The standard InChI is InChI=1S/C10H24O4Si/c1-4-7-12-15(10-11,13-8-5-2)14-9-6-3/h11H,4-10H2,1-3H3. The fraction of sp³-hybridized carbons (Fsp3) is 1.00. The molecule has 15 heavy (non-hydrogen) atoms. The van der Waals surface area contributed by atoms with Crippen molar-refractivity contribution in [2.45, 2.75) is 40.0 Å². The predicted molar refractivity (Wildman–Crippen MR) is 61.6 cm³/mol. The minimum Gasteiger partial charge on any atom is -0.392 e. The SMILES string of the molecule is CCCO[Si](CO)(OCCC)OCCC. The maximum atomic E-state index is 9.34. The molecule has 0 radical (unpaired) electrons. The van der Waals surface area contributed by atoms with Crippen LogP contribution < -0.4 is 0 Å². The van der Waals surface area contributed by atoms with E-state index in [9.17, 15) is 5.11 Å². The van der Waals surface area contributed by atoms with E-state index in [-0.39, 0.29) is 6.23 Å². The Hall–Kier alpha value is 0.0569. The Morgan fingerprint density at radius 2 is 1.13 bits per heavy atom. The van der Waals surface area contributed by atoms with Gasteiger partial charge < -0.3 is 18.4 Å². The van der Waals surface area contributed by atoms with Crippen molar-refractivity contribution in [2.75, 3.05) is 26.1 Å². The summed E-state index contributed by atoms with van der Waals surface area (Å²) in [6.45, 7) is 7.82. The first kappa shape index (κ1) is 15.1. The lowest BCUT2D eigenvalue weighted by molar-refractivity contribution is 0.0399. The Morgan fingerprint density at radius 1 is 0.800 bits per heavy atom. The van der Waals surface area contributed by atoms with E-state index in [1.54, 1.807) is 0 Å². The van der Waals surface area contributed by atoms with Gasteiger partial charge in [-0.2, -0.15) is 0 Å². The summed E-state index contributed by atoms with van der Waals surface area (Å²) in [4.78, 5) is 0. The van der Waals surface area contributed by atoms with Crippen molar-refractivity contribution >= 4 is 8.80 Å². The van der Waals surface area contributed by atoms with Crippen molar-refractivity contribution in [1.29, 1.82) is 0 Å². The molecule has 0 spiro atoms. The van der Waals surface area contributed by atoms with E-state index < -0.39 is 8.80 Å². The van der Waals surface area contributed by atoms with Crippen molar-refractivity contribution in [3.8, 4) is 0 Å². The van der Waals surface area contributed by atoms with Gasteiger partial charge in [0.25, 0.3) is 0 Å². The Kier molecular flexibility index (Phi) is 9.33. The molecule has 0 aliphatic rings. The van der Waals surface area contributed by atoms with Crippen LogP contribution in [-0.2, 0) is 13.3 Å². The molecule has 0 bridgehead atoms. The third kappa shape index (κ3) is 6.27. The van der Waals surface area contributed by atoms with Crippen LogP contribution in [0.3, 0.4) is 0 Å². The van der Waals surface area contributed by atoms with E-state index in [1.807, 2.05) is 20.8 Å². The van der Waals surface area contributed by atoms with E-state index in [4.69, 9.17) is 13.3 Å². The van der Waals surface area contributed by atoms with Crippen LogP contribution in [0.5, 0.6) is 0 Å². The topological polar surface area (TPSA) is 47.9 Å². The predicted octanol–water partition coefficient (Wildman–Crippen LogP) is 1.74. The normalized spacial score (nSPS) is 12.0. The molecule has 0 saturated heterocycles. The monoisotopic (exact) mass is 236 g/mol. The highest BCUT2D eigenvalue weighted by molar-refractivity contribution is 6.60. The van der Waals surface area contributed by atoms with Crippen molar-refractivity contribution in [1.82, 2.24) is 0 Å². The largest absolute Gasteiger partial charge is 0.527 e. The number of rotatable bonds is 10. The molecule has 5 heteroatoms. The van der Waals surface area contributed by atoms with E-state index in [0.717, 1.165) is 19.3 Å². The van der Waals surface area contributed by atoms with Gasteiger partial charge in [0.2, 0.25) is 0 Å². The molecule has 0 aliphatic carbocycles. The molecule has 0 rings (SSSR count). The average Bonchev–Trinajstić information content (AvgIpc) is 2.29. The molecule has 0 fully saturated rings. The van der Waals surface area contributed by atoms with E-state index >= 15 is 0 Å². The molecule has 0 aromatic carbocycles. The summed E-state index contributed by atoms with van der Waals surface area (Å²) < 4.78 is 16.7. The Morgan fingerprint density at radius 3 is 1.33 bits per heavy atom. The third-order valence-electron chi connectivity index (χ3n) is 1.77. The Bertz CT molecular complexity index is 122. The highest BCUT2D eigenvalue weighted by atomic mass is 28.4. The van der Waals surface area contributed by atoms with Gasteiger partial charge in [-0.1, -0.05) is 20.8 Å². The van der Waals surface area contributed by atoms with Gasteiger partial charge in [0.05, 0.1) is 0 Å². The van der Waals surface area contributed by atoms with Gasteiger partial charge in [-0.15, -0.1) is 0 Å². The molecule has 0 aromatic rings. The van der Waals surface area contributed by atoms with Gasteiger partial charge >= 0.3 is 8.80 Å². The lowest BCUT2D eigenvalue weighted by Crippen LogP contribution is -2.50. The van der Waals surface area contributed by atoms with Gasteiger partial charge in [0, 0.05) is 19.8 Å². The lowest BCUT2D eigenvalue weighted by Gasteiger charge is -2.27. The smallest absolute Gasteiger partial charge is 0.392 e. The van der Waals surface area contributed by atoms with Crippen LogP contribution in [0.25, 0.3) is 0 Å². The van der Waals surface area contributed by atoms with Crippen molar-refractivity contribution in [2.24, 2.45) is 0 Å². The average molecular weight is 236 g/mol. The first-order valence-corrected chi connectivity index (χ1v) is 7.70. The van der Waals surface area contributed by atoms with Crippen LogP contribution in [0.15, 0.2) is 0 Å². The number of aliphatic hydroxyl groups is 1. The molecule has 1 N–H and O–H groups in total. The van der Waals surface area contributed by atoms with Crippen LogP contribution >= 0.6 is 0 Å². The van der Waals surface area contributed by atoms with Crippen molar-refractivity contribution in [3.63, 3.8) is 0 Å². The zero-order valence-electron chi connectivity index (χ0n) is 10.1. The van der Waals surface area contributed by atoms with E-state index in [2.05, 4.69) is 0 Å². The minimum absolute atomic E-state index is 0.132. The molecule has 92 valence electrons. The second-order valence-corrected chi connectivity index (χ2v) is 5.93. The number of hydrogen-bond donors (Lipinski definition) is 1. The van der Waals surface area contributed by atoms with Crippen LogP contribution in [0.4, 0.5) is 0 Å². The molecular weight excluding hydrogens is 212 g/mol. The second kappa shape index (κ2) is 9.29. The van der Waals surface area contributed by atoms with Gasteiger partial charge in [-0.3, -0.25) is 0 Å². The van der Waals surface area contributed by atoms with Gasteiger partial charge in [0.15, 0.2) is 0 Å². The Balaban J connectivity index is 4.16. The molecular formula is C10H24O4Si. The summed E-state index contributed by atoms with van der Waals surface area (Å²) in [5.41, 5.74) is 0. The summed E-state index contributed by atoms with van der Waals surface area (Å²) >= 11 is 0. The second-order valence-electron chi connectivity index (χ2n) is 3.39. The van der Waals surface area contributed by atoms with Crippen molar-refractivity contribution in [3.05, 3.63) is 0 Å². The van der Waals surface area contributed by atoms with Crippen LogP contribution in [0, 0.1) is 0 Å². The van der Waals surface area contributed by atoms with Crippen molar-refractivity contribution < 1.29 is 18.4 Å². The fourth-order valence-electron chi connectivity index (χ4n) is 1.03. The highest BCUT2D eigenvalue weighted by Crippen LogP contribution is 2.10. The molecule has 4 nitrogen and oxygen atoms in total. The van der Waals surface area contributed by atoms with Gasteiger partial charge in [-0.05, 0) is 19.3 Å². The first-order valence-electron chi connectivity index (χ1n) is 5.77.